The molecule has 2 aromatic heterocycles. The maximum atomic E-state index is 6.04. The molecule has 1 unspecified atom stereocenters. The van der Waals surface area contributed by atoms with Crippen LogP contribution in [0.15, 0.2) is 18.7 Å². The lowest BCUT2D eigenvalue weighted by Gasteiger charge is -2.28. The molecule has 2 rings (SSSR count). The molecule has 0 N–H and O–H groups in total. The van der Waals surface area contributed by atoms with Gasteiger partial charge in [-0.2, -0.15) is 15.0 Å². The van der Waals surface area contributed by atoms with Gasteiger partial charge in [-0.1, -0.05) is 6.92 Å². The molecule has 0 amide bonds. The molecular weight excluding hydrogens is 292 g/mol. The number of hydrogen-bond donors (Lipinski definition) is 0. The van der Waals surface area contributed by atoms with E-state index in [9.17, 15) is 0 Å². The highest BCUT2D eigenvalue weighted by Gasteiger charge is 2.18. The first-order chi connectivity index (χ1) is 10.2. The average Bonchev–Trinajstić information content (AvgIpc) is 3.01. The minimum atomic E-state index is 0.161. The predicted molar refractivity (Wildman–Crippen MR) is 80.9 cm³/mol. The summed E-state index contributed by atoms with van der Waals surface area (Å²) in [5.74, 6) is 0.998. The number of anilines is 1. The highest BCUT2D eigenvalue weighted by atomic mass is 35.5. The second-order valence-electron chi connectivity index (χ2n) is 4.62. The van der Waals surface area contributed by atoms with Crippen LogP contribution < -0.4 is 4.90 Å². The maximum Gasteiger partial charge on any atom is 0.241 e. The Morgan fingerprint density at radius 1 is 1.38 bits per heavy atom. The van der Waals surface area contributed by atoms with Crippen molar-refractivity contribution in [1.82, 2.24) is 24.5 Å². The zero-order valence-electron chi connectivity index (χ0n) is 12.4. The summed E-state index contributed by atoms with van der Waals surface area (Å²) in [7, 11) is 1.67. The van der Waals surface area contributed by atoms with Crippen molar-refractivity contribution in [3.8, 4) is 5.95 Å². The van der Waals surface area contributed by atoms with E-state index in [4.69, 9.17) is 16.3 Å². The molecule has 0 aliphatic rings. The molecule has 0 fully saturated rings. The van der Waals surface area contributed by atoms with Crippen molar-refractivity contribution >= 4 is 17.5 Å². The molecule has 0 saturated carbocycles. The lowest BCUT2D eigenvalue weighted by Crippen LogP contribution is -2.37. The van der Waals surface area contributed by atoms with Gasteiger partial charge in [-0.15, -0.1) is 0 Å². The van der Waals surface area contributed by atoms with Gasteiger partial charge in [0, 0.05) is 32.1 Å². The van der Waals surface area contributed by atoms with Crippen molar-refractivity contribution in [1.29, 1.82) is 0 Å². The Hall–Kier alpha value is -1.73. The van der Waals surface area contributed by atoms with Crippen molar-refractivity contribution in [2.24, 2.45) is 0 Å². The lowest BCUT2D eigenvalue weighted by molar-refractivity contribution is 0.203. The molecule has 0 bridgehead atoms. The lowest BCUT2D eigenvalue weighted by atomic mass is 10.2. The van der Waals surface area contributed by atoms with E-state index >= 15 is 0 Å². The van der Waals surface area contributed by atoms with E-state index in [0.29, 0.717) is 25.0 Å². The molecule has 21 heavy (non-hydrogen) atoms. The number of methoxy groups -OCH3 is 1. The molecule has 2 aromatic rings. The molecule has 114 valence electrons. The second kappa shape index (κ2) is 7.33. The first kappa shape index (κ1) is 15.7. The Morgan fingerprint density at radius 3 is 2.81 bits per heavy atom. The van der Waals surface area contributed by atoms with E-state index in [0.717, 1.165) is 6.42 Å². The van der Waals surface area contributed by atoms with E-state index in [1.807, 2.05) is 0 Å². The van der Waals surface area contributed by atoms with Gasteiger partial charge in [0.25, 0.3) is 0 Å². The number of ether oxygens (including phenoxy) is 1. The first-order valence-corrected chi connectivity index (χ1v) is 7.19. The standard InChI is InChI=1S/C13H19ClN6O/c1-4-10(2)20(7-8-21-3)13-17-11(14)16-12(18-13)19-6-5-15-9-19/h5-6,9-10H,4,7-8H2,1-3H3. The van der Waals surface area contributed by atoms with Crippen molar-refractivity contribution in [2.45, 2.75) is 26.3 Å². The van der Waals surface area contributed by atoms with Crippen LogP contribution in [0.25, 0.3) is 5.95 Å². The van der Waals surface area contributed by atoms with Crippen LogP contribution in [0.4, 0.5) is 5.95 Å². The predicted octanol–water partition coefficient (Wildman–Crippen LogP) is 1.96. The molecule has 0 aliphatic carbocycles. The Kier molecular flexibility index (Phi) is 5.46. The highest BCUT2D eigenvalue weighted by Crippen LogP contribution is 2.17. The number of rotatable bonds is 7. The topological polar surface area (TPSA) is 69.0 Å². The summed E-state index contributed by atoms with van der Waals surface area (Å²) in [5.41, 5.74) is 0. The number of nitrogens with zero attached hydrogens (tertiary/aromatic N) is 6. The van der Waals surface area contributed by atoms with Gasteiger partial charge in [-0.25, -0.2) is 4.98 Å². The normalized spacial score (nSPS) is 12.4. The Balaban J connectivity index is 2.35. The van der Waals surface area contributed by atoms with Gasteiger partial charge >= 0.3 is 0 Å². The van der Waals surface area contributed by atoms with Crippen LogP contribution in [0.5, 0.6) is 0 Å². The number of halogens is 1. The molecule has 1 atom stereocenters. The van der Waals surface area contributed by atoms with Crippen LogP contribution >= 0.6 is 11.6 Å². The smallest absolute Gasteiger partial charge is 0.241 e. The number of imidazole rings is 1. The summed E-state index contributed by atoms with van der Waals surface area (Å²) in [5, 5.41) is 0.161. The Labute approximate surface area is 129 Å². The summed E-state index contributed by atoms with van der Waals surface area (Å²) in [6, 6.07) is 0.272. The van der Waals surface area contributed by atoms with Gasteiger partial charge in [0.2, 0.25) is 17.2 Å². The van der Waals surface area contributed by atoms with E-state index in [-0.39, 0.29) is 11.3 Å². The van der Waals surface area contributed by atoms with Gasteiger partial charge in [-0.3, -0.25) is 4.57 Å². The molecule has 8 heteroatoms. The van der Waals surface area contributed by atoms with E-state index in [1.165, 1.54) is 0 Å². The first-order valence-electron chi connectivity index (χ1n) is 6.81. The summed E-state index contributed by atoms with van der Waals surface area (Å²) < 4.78 is 6.86. The molecule has 0 radical (unpaired) electrons. The minimum Gasteiger partial charge on any atom is -0.383 e. The van der Waals surface area contributed by atoms with Crippen LogP contribution in [0.3, 0.4) is 0 Å². The number of hydrogen-bond acceptors (Lipinski definition) is 6. The third-order valence-corrected chi connectivity index (χ3v) is 3.40. The van der Waals surface area contributed by atoms with E-state index in [1.54, 1.807) is 30.4 Å². The zero-order valence-corrected chi connectivity index (χ0v) is 13.2. The van der Waals surface area contributed by atoms with Crippen LogP contribution in [0.2, 0.25) is 5.28 Å². The van der Waals surface area contributed by atoms with Crippen molar-refractivity contribution in [3.63, 3.8) is 0 Å². The third kappa shape index (κ3) is 3.89. The molecular formula is C13H19ClN6O. The molecule has 0 aromatic carbocycles. The zero-order chi connectivity index (χ0) is 15.2. The Morgan fingerprint density at radius 2 is 2.19 bits per heavy atom. The molecule has 0 aliphatic heterocycles. The second-order valence-corrected chi connectivity index (χ2v) is 4.96. The van der Waals surface area contributed by atoms with Gasteiger partial charge in [0.15, 0.2) is 0 Å². The fourth-order valence-electron chi connectivity index (χ4n) is 1.88. The molecule has 0 spiro atoms. The van der Waals surface area contributed by atoms with Gasteiger partial charge in [0.05, 0.1) is 6.61 Å². The molecule has 0 saturated heterocycles. The van der Waals surface area contributed by atoms with Crippen molar-refractivity contribution < 1.29 is 4.74 Å². The summed E-state index contributed by atoms with van der Waals surface area (Å²) in [6.45, 7) is 5.51. The van der Waals surface area contributed by atoms with Crippen molar-refractivity contribution in [3.05, 3.63) is 24.0 Å². The number of aromatic nitrogens is 5. The Bertz CT molecular complexity index is 562. The highest BCUT2D eigenvalue weighted by molar-refractivity contribution is 6.28. The van der Waals surface area contributed by atoms with E-state index < -0.39 is 0 Å². The molecule has 2 heterocycles. The fourth-order valence-corrected chi connectivity index (χ4v) is 2.03. The monoisotopic (exact) mass is 310 g/mol. The van der Waals surface area contributed by atoms with Crippen LogP contribution in [-0.2, 0) is 4.74 Å². The average molecular weight is 311 g/mol. The summed E-state index contributed by atoms with van der Waals surface area (Å²) in [6.07, 6.45) is 6.01. The van der Waals surface area contributed by atoms with Crippen molar-refractivity contribution in [2.75, 3.05) is 25.2 Å². The fraction of sp³-hybridized carbons (Fsp3) is 0.538. The minimum absolute atomic E-state index is 0.161. The third-order valence-electron chi connectivity index (χ3n) is 3.24. The quantitative estimate of drug-likeness (QED) is 0.778. The van der Waals surface area contributed by atoms with Gasteiger partial charge in [0.1, 0.15) is 6.33 Å². The largest absolute Gasteiger partial charge is 0.383 e. The van der Waals surface area contributed by atoms with E-state index in [2.05, 4.69) is 38.7 Å². The SMILES string of the molecule is CCC(C)N(CCOC)c1nc(Cl)nc(-n2ccnc2)n1. The maximum absolute atomic E-state index is 6.04. The summed E-state index contributed by atoms with van der Waals surface area (Å²) in [4.78, 5) is 18.9. The molecule has 7 nitrogen and oxygen atoms in total. The van der Waals surface area contributed by atoms with Crippen LogP contribution in [0.1, 0.15) is 20.3 Å². The van der Waals surface area contributed by atoms with Gasteiger partial charge in [-0.05, 0) is 24.9 Å². The van der Waals surface area contributed by atoms with Crippen LogP contribution in [-0.4, -0.2) is 50.8 Å². The van der Waals surface area contributed by atoms with Gasteiger partial charge < -0.3 is 9.64 Å². The summed E-state index contributed by atoms with van der Waals surface area (Å²) >= 11 is 6.04. The van der Waals surface area contributed by atoms with Crippen LogP contribution in [0, 0.1) is 0 Å².